The Hall–Kier alpha value is -3.00. The largest absolute Gasteiger partial charge is 0.479 e. The van der Waals surface area contributed by atoms with E-state index in [4.69, 9.17) is 4.74 Å². The van der Waals surface area contributed by atoms with Crippen LogP contribution in [-0.2, 0) is 0 Å². The number of hydrogen-bond donors (Lipinski definition) is 1. The Morgan fingerprint density at radius 2 is 1.96 bits per heavy atom. The monoisotopic (exact) mass is 383 g/mol. The normalized spacial score (nSPS) is 19.8. The summed E-state index contributed by atoms with van der Waals surface area (Å²) in [4.78, 5) is 23.4. The fraction of sp³-hybridized carbons (Fsp3) is 0.350. The number of rotatable bonds is 3. The average molecular weight is 383 g/mol. The number of aromatic nitrogens is 3. The Morgan fingerprint density at radius 3 is 2.64 bits per heavy atom. The Kier molecular flexibility index (Phi) is 4.72. The molecule has 0 spiro atoms. The topological polar surface area (TPSA) is 71.8 Å². The predicted molar refractivity (Wildman–Crippen MR) is 105 cm³/mol. The van der Waals surface area contributed by atoms with E-state index in [1.807, 2.05) is 18.3 Å². The fourth-order valence-corrected chi connectivity index (χ4v) is 3.68. The predicted octanol–water partition coefficient (Wildman–Crippen LogP) is 2.09. The van der Waals surface area contributed by atoms with Crippen molar-refractivity contribution in [2.45, 2.75) is 25.9 Å². The van der Waals surface area contributed by atoms with E-state index in [-0.39, 0.29) is 11.4 Å². The van der Waals surface area contributed by atoms with Gasteiger partial charge in [0.05, 0.1) is 18.5 Å². The van der Waals surface area contributed by atoms with E-state index in [9.17, 15) is 9.18 Å². The number of piperazine rings is 1. The van der Waals surface area contributed by atoms with Gasteiger partial charge in [-0.05, 0) is 32.0 Å². The van der Waals surface area contributed by atoms with Gasteiger partial charge in [-0.15, -0.1) is 0 Å². The van der Waals surface area contributed by atoms with Gasteiger partial charge in [-0.2, -0.15) is 0 Å². The van der Waals surface area contributed by atoms with Gasteiger partial charge in [-0.25, -0.2) is 14.4 Å². The molecule has 0 bridgehead atoms. The summed E-state index contributed by atoms with van der Waals surface area (Å²) in [7, 11) is 1.35. The van der Waals surface area contributed by atoms with Crippen LogP contribution in [0.4, 0.5) is 10.1 Å². The number of fused-ring (bicyclic) bond motifs is 1. The molecule has 3 aromatic rings. The number of halogens is 1. The van der Waals surface area contributed by atoms with Crippen LogP contribution in [0.3, 0.4) is 0 Å². The molecule has 1 fully saturated rings. The summed E-state index contributed by atoms with van der Waals surface area (Å²) in [5.41, 5.74) is 2.04. The van der Waals surface area contributed by atoms with Crippen LogP contribution in [0.2, 0.25) is 0 Å². The number of hydrogen-bond acceptors (Lipinski definition) is 6. The molecule has 3 aromatic heterocycles. The number of anilines is 1. The van der Waals surface area contributed by atoms with Crippen molar-refractivity contribution in [2.75, 3.05) is 25.1 Å². The van der Waals surface area contributed by atoms with E-state index in [0.29, 0.717) is 29.0 Å². The molecule has 4 heterocycles. The quantitative estimate of drug-likeness (QED) is 0.747. The second-order valence-electron chi connectivity index (χ2n) is 7.18. The molecule has 0 aliphatic carbocycles. The molecule has 7 nitrogen and oxygen atoms in total. The summed E-state index contributed by atoms with van der Waals surface area (Å²) >= 11 is 0. The number of pyridine rings is 2. The van der Waals surface area contributed by atoms with Crippen molar-refractivity contribution in [2.24, 2.45) is 0 Å². The van der Waals surface area contributed by atoms with Gasteiger partial charge >= 0.3 is 0 Å². The second-order valence-corrected chi connectivity index (χ2v) is 7.18. The first-order chi connectivity index (χ1) is 13.4. The first-order valence-corrected chi connectivity index (χ1v) is 9.19. The summed E-state index contributed by atoms with van der Waals surface area (Å²) < 4.78 is 20.3. The minimum atomic E-state index is -0.598. The molecule has 0 amide bonds. The fourth-order valence-electron chi connectivity index (χ4n) is 3.68. The van der Waals surface area contributed by atoms with E-state index in [2.05, 4.69) is 34.0 Å². The Labute approximate surface area is 161 Å². The van der Waals surface area contributed by atoms with Crippen LogP contribution in [-0.4, -0.2) is 46.7 Å². The lowest BCUT2D eigenvalue weighted by Gasteiger charge is -2.37. The maximum absolute atomic E-state index is 14.0. The van der Waals surface area contributed by atoms with E-state index in [0.717, 1.165) is 18.8 Å². The summed E-state index contributed by atoms with van der Waals surface area (Å²) in [6.07, 6.45) is 3.25. The number of nitrogens with one attached hydrogen (secondary N) is 1. The summed E-state index contributed by atoms with van der Waals surface area (Å²) in [6.45, 7) is 6.03. The van der Waals surface area contributed by atoms with Crippen LogP contribution in [0.5, 0.6) is 5.88 Å². The van der Waals surface area contributed by atoms with E-state index >= 15 is 0 Å². The molecular formula is C20H22FN5O2. The van der Waals surface area contributed by atoms with Gasteiger partial charge in [0, 0.05) is 49.2 Å². The minimum Gasteiger partial charge on any atom is -0.479 e. The van der Waals surface area contributed by atoms with Crippen molar-refractivity contribution in [1.29, 1.82) is 0 Å². The Bertz CT molecular complexity index is 1070. The highest BCUT2D eigenvalue weighted by Crippen LogP contribution is 2.22. The molecule has 0 aromatic carbocycles. The number of nitrogens with zero attached hydrogens (tertiary/aromatic N) is 4. The van der Waals surface area contributed by atoms with Crippen molar-refractivity contribution in [3.63, 3.8) is 0 Å². The van der Waals surface area contributed by atoms with Gasteiger partial charge in [-0.3, -0.25) is 9.20 Å². The molecule has 8 heteroatoms. The third-order valence-electron chi connectivity index (χ3n) is 4.86. The van der Waals surface area contributed by atoms with Crippen molar-refractivity contribution < 1.29 is 9.13 Å². The van der Waals surface area contributed by atoms with Crippen LogP contribution >= 0.6 is 0 Å². The maximum Gasteiger partial charge on any atom is 0.258 e. The van der Waals surface area contributed by atoms with E-state index in [1.165, 1.54) is 29.8 Å². The number of ether oxygens (including phenoxy) is 1. The smallest absolute Gasteiger partial charge is 0.258 e. The van der Waals surface area contributed by atoms with Crippen molar-refractivity contribution in [3.05, 3.63) is 52.8 Å². The number of methoxy groups -OCH3 is 1. The maximum atomic E-state index is 14.0. The van der Waals surface area contributed by atoms with E-state index in [1.54, 1.807) is 0 Å². The molecule has 4 rings (SSSR count). The van der Waals surface area contributed by atoms with Gasteiger partial charge in [-0.1, -0.05) is 0 Å². The Morgan fingerprint density at radius 1 is 1.21 bits per heavy atom. The van der Waals surface area contributed by atoms with Gasteiger partial charge < -0.3 is 15.0 Å². The molecule has 1 aliphatic heterocycles. The lowest BCUT2D eigenvalue weighted by atomic mass is 10.1. The summed E-state index contributed by atoms with van der Waals surface area (Å²) in [5.74, 6) is -0.690. The average Bonchev–Trinajstić information content (AvgIpc) is 2.67. The lowest BCUT2D eigenvalue weighted by Crippen LogP contribution is -2.54. The molecule has 0 radical (unpaired) electrons. The first-order valence-electron chi connectivity index (χ1n) is 9.19. The molecule has 28 heavy (non-hydrogen) atoms. The van der Waals surface area contributed by atoms with Crippen molar-refractivity contribution >= 4 is 11.3 Å². The molecule has 2 atom stereocenters. The highest BCUT2D eigenvalue weighted by atomic mass is 19.1. The third-order valence-corrected chi connectivity index (χ3v) is 4.86. The van der Waals surface area contributed by atoms with Crippen molar-refractivity contribution in [1.82, 2.24) is 19.7 Å². The zero-order valence-corrected chi connectivity index (χ0v) is 16.0. The zero-order chi connectivity index (χ0) is 19.8. The zero-order valence-electron chi connectivity index (χ0n) is 16.0. The third kappa shape index (κ3) is 3.43. The van der Waals surface area contributed by atoms with Gasteiger partial charge in [0.1, 0.15) is 5.65 Å². The minimum absolute atomic E-state index is 0.0922. The van der Waals surface area contributed by atoms with Crippen LogP contribution in [0.15, 0.2) is 41.5 Å². The van der Waals surface area contributed by atoms with E-state index < -0.39 is 5.82 Å². The van der Waals surface area contributed by atoms with Gasteiger partial charge in [0.15, 0.2) is 5.82 Å². The summed E-state index contributed by atoms with van der Waals surface area (Å²) in [6, 6.07) is 7.17. The Balaban J connectivity index is 1.72. The van der Waals surface area contributed by atoms with Crippen LogP contribution in [0.1, 0.15) is 13.8 Å². The molecule has 1 N–H and O–H groups in total. The highest BCUT2D eigenvalue weighted by Gasteiger charge is 2.21. The van der Waals surface area contributed by atoms with Crippen LogP contribution < -0.4 is 20.5 Å². The molecule has 1 saturated heterocycles. The lowest BCUT2D eigenvalue weighted by molar-refractivity contribution is 0.369. The van der Waals surface area contributed by atoms with Gasteiger partial charge in [0.2, 0.25) is 5.88 Å². The molecule has 0 saturated carbocycles. The molecule has 146 valence electrons. The SMILES string of the molecule is COc1ncc(-c2cc(=O)n3cc(N4C[C@@H](C)N[C@@H](C)C4)ccc3n2)cc1F. The first kappa shape index (κ1) is 18.4. The van der Waals surface area contributed by atoms with Crippen LogP contribution in [0, 0.1) is 5.82 Å². The van der Waals surface area contributed by atoms with Crippen LogP contribution in [0.25, 0.3) is 16.9 Å². The highest BCUT2D eigenvalue weighted by molar-refractivity contribution is 5.62. The standard InChI is InChI=1S/C20H22FN5O2/c1-12-9-25(10-13(2)23-12)15-4-5-18-24-17(7-19(27)26(18)11-15)14-6-16(21)20(28-3)22-8-14/h4-8,11-13,23H,9-10H2,1-3H3/t12-,13+. The second kappa shape index (κ2) is 7.20. The van der Waals surface area contributed by atoms with Crippen molar-refractivity contribution in [3.8, 4) is 17.1 Å². The summed E-state index contributed by atoms with van der Waals surface area (Å²) in [5, 5.41) is 3.50. The molecule has 1 aliphatic rings. The van der Waals surface area contributed by atoms with Gasteiger partial charge in [0.25, 0.3) is 5.56 Å². The molecular weight excluding hydrogens is 361 g/mol. The molecule has 0 unspecified atom stereocenters.